The lowest BCUT2D eigenvalue weighted by molar-refractivity contribution is 0.0940. The van der Waals surface area contributed by atoms with E-state index in [1.165, 1.54) is 0 Å². The molecule has 1 heterocycles. The quantitative estimate of drug-likeness (QED) is 0.538. The number of rotatable bonds is 9. The van der Waals surface area contributed by atoms with Gasteiger partial charge in [-0.3, -0.25) is 4.79 Å². The first kappa shape index (κ1) is 20.2. The van der Waals surface area contributed by atoms with Crippen molar-refractivity contribution in [2.75, 3.05) is 26.9 Å². The molecule has 148 valence electrons. The average molecular weight is 401 g/mol. The maximum absolute atomic E-state index is 12.9. The predicted octanol–water partition coefficient (Wildman–Crippen LogP) is 4.51. The zero-order valence-electron chi connectivity index (χ0n) is 16.2. The third kappa shape index (κ3) is 4.66. The van der Waals surface area contributed by atoms with Crippen LogP contribution >= 0.6 is 11.6 Å². The first-order valence-corrected chi connectivity index (χ1v) is 9.78. The molecule has 2 aromatic carbocycles. The smallest absolute Gasteiger partial charge is 0.267 e. The van der Waals surface area contributed by atoms with Crippen molar-refractivity contribution < 1.29 is 14.3 Å². The third-order valence-corrected chi connectivity index (χ3v) is 4.71. The molecule has 6 heteroatoms. The Morgan fingerprint density at radius 2 is 2.00 bits per heavy atom. The van der Waals surface area contributed by atoms with Gasteiger partial charge in [0, 0.05) is 37.2 Å². The minimum absolute atomic E-state index is 0.114. The Bertz CT molecular complexity index is 952. The fourth-order valence-electron chi connectivity index (χ4n) is 3.22. The van der Waals surface area contributed by atoms with Gasteiger partial charge in [0.25, 0.3) is 5.91 Å². The first-order valence-electron chi connectivity index (χ1n) is 9.40. The highest BCUT2D eigenvalue weighted by Gasteiger charge is 2.18. The summed E-state index contributed by atoms with van der Waals surface area (Å²) in [7, 11) is 1.65. The lowest BCUT2D eigenvalue weighted by Gasteiger charge is -2.12. The molecule has 3 rings (SSSR count). The van der Waals surface area contributed by atoms with E-state index in [9.17, 15) is 4.79 Å². The summed E-state index contributed by atoms with van der Waals surface area (Å²) in [5, 5.41) is 4.58. The van der Waals surface area contributed by atoms with Crippen LogP contribution < -0.4 is 10.1 Å². The highest BCUT2D eigenvalue weighted by Crippen LogP contribution is 2.30. The molecule has 0 bridgehead atoms. The number of nitrogens with one attached hydrogen (secondary N) is 1. The normalized spacial score (nSPS) is 11.0. The fourth-order valence-corrected chi connectivity index (χ4v) is 3.44. The van der Waals surface area contributed by atoms with Crippen molar-refractivity contribution in [3.63, 3.8) is 0 Å². The zero-order chi connectivity index (χ0) is 19.9. The molecule has 5 nitrogen and oxygen atoms in total. The van der Waals surface area contributed by atoms with Crippen LogP contribution in [0.5, 0.6) is 5.75 Å². The number of amides is 1. The van der Waals surface area contributed by atoms with E-state index in [1.807, 2.05) is 60.0 Å². The number of aromatic nitrogens is 1. The van der Waals surface area contributed by atoms with Gasteiger partial charge >= 0.3 is 0 Å². The molecule has 0 aliphatic heterocycles. The van der Waals surface area contributed by atoms with Crippen LogP contribution in [-0.2, 0) is 11.3 Å². The summed E-state index contributed by atoms with van der Waals surface area (Å²) in [5.74, 6) is 0.662. The topological polar surface area (TPSA) is 52.5 Å². The molecule has 1 amide bonds. The summed E-state index contributed by atoms with van der Waals surface area (Å²) < 4.78 is 12.8. The summed E-state index contributed by atoms with van der Waals surface area (Å²) in [6.45, 7) is 4.23. The number of benzene rings is 2. The zero-order valence-corrected chi connectivity index (χ0v) is 17.0. The molecular formula is C22H25ClN2O3. The van der Waals surface area contributed by atoms with Crippen LogP contribution in [-0.4, -0.2) is 37.3 Å². The largest absolute Gasteiger partial charge is 0.493 e. The first-order chi connectivity index (χ1) is 13.6. The van der Waals surface area contributed by atoms with Crippen molar-refractivity contribution in [2.45, 2.75) is 19.9 Å². The summed E-state index contributed by atoms with van der Waals surface area (Å²) >= 11 is 6.15. The van der Waals surface area contributed by atoms with E-state index in [4.69, 9.17) is 21.1 Å². The Labute approximate surface area is 170 Å². The highest BCUT2D eigenvalue weighted by molar-refractivity contribution is 6.30. The molecule has 0 atom stereocenters. The van der Waals surface area contributed by atoms with Crippen molar-refractivity contribution in [3.05, 3.63) is 64.8 Å². The van der Waals surface area contributed by atoms with Crippen LogP contribution in [0.25, 0.3) is 10.9 Å². The minimum Gasteiger partial charge on any atom is -0.493 e. The monoisotopic (exact) mass is 400 g/mol. The Kier molecular flexibility index (Phi) is 6.95. The van der Waals surface area contributed by atoms with Gasteiger partial charge in [-0.25, -0.2) is 0 Å². The van der Waals surface area contributed by atoms with Crippen molar-refractivity contribution in [2.24, 2.45) is 0 Å². The van der Waals surface area contributed by atoms with Gasteiger partial charge in [-0.1, -0.05) is 29.8 Å². The summed E-state index contributed by atoms with van der Waals surface area (Å²) in [5.41, 5.74) is 2.58. The van der Waals surface area contributed by atoms with Crippen LogP contribution in [0.15, 0.2) is 48.5 Å². The molecule has 0 radical (unpaired) electrons. The van der Waals surface area contributed by atoms with Gasteiger partial charge in [0.1, 0.15) is 11.4 Å². The van der Waals surface area contributed by atoms with Gasteiger partial charge in [-0.2, -0.15) is 0 Å². The molecule has 3 aromatic rings. The summed E-state index contributed by atoms with van der Waals surface area (Å²) in [4.78, 5) is 12.9. The van der Waals surface area contributed by atoms with Crippen LogP contribution in [0.3, 0.4) is 0 Å². The van der Waals surface area contributed by atoms with Gasteiger partial charge in [-0.05, 0) is 49.2 Å². The van der Waals surface area contributed by atoms with Gasteiger partial charge in [0.15, 0.2) is 0 Å². The molecule has 0 aliphatic carbocycles. The Hall–Kier alpha value is -2.50. The van der Waals surface area contributed by atoms with Gasteiger partial charge < -0.3 is 19.4 Å². The Morgan fingerprint density at radius 1 is 1.18 bits per heavy atom. The SMILES string of the molecule is CCOc1cccc2c1cc(C(=O)NCCCOC)n2Cc1cccc(Cl)c1. The molecular weight excluding hydrogens is 376 g/mol. The number of halogens is 1. The van der Waals surface area contributed by atoms with Gasteiger partial charge in [-0.15, -0.1) is 0 Å². The van der Waals surface area contributed by atoms with Crippen molar-refractivity contribution >= 4 is 28.4 Å². The highest BCUT2D eigenvalue weighted by atomic mass is 35.5. The number of hydrogen-bond donors (Lipinski definition) is 1. The average Bonchev–Trinajstić information content (AvgIpc) is 3.05. The van der Waals surface area contributed by atoms with Crippen molar-refractivity contribution in [3.8, 4) is 5.75 Å². The van der Waals surface area contributed by atoms with Gasteiger partial charge in [0.2, 0.25) is 0 Å². The second kappa shape index (κ2) is 9.62. The molecule has 0 saturated carbocycles. The lowest BCUT2D eigenvalue weighted by Crippen LogP contribution is -2.27. The van der Waals surface area contributed by atoms with E-state index in [0.29, 0.717) is 37.0 Å². The molecule has 28 heavy (non-hydrogen) atoms. The Morgan fingerprint density at radius 3 is 2.75 bits per heavy atom. The molecule has 0 aliphatic rings. The molecule has 0 saturated heterocycles. The van der Waals surface area contributed by atoms with E-state index in [0.717, 1.165) is 28.6 Å². The fraction of sp³-hybridized carbons (Fsp3) is 0.318. The standard InChI is InChI=1S/C22H25ClN2O3/c1-3-28-21-10-5-9-19-18(21)14-20(22(26)24-11-6-12-27-2)25(19)15-16-7-4-8-17(23)13-16/h4-5,7-10,13-14H,3,6,11-12,15H2,1-2H3,(H,24,26). The van der Waals surface area contributed by atoms with Crippen LogP contribution in [0.4, 0.5) is 0 Å². The Balaban J connectivity index is 1.99. The van der Waals surface area contributed by atoms with E-state index < -0.39 is 0 Å². The third-order valence-electron chi connectivity index (χ3n) is 4.48. The van der Waals surface area contributed by atoms with E-state index in [1.54, 1.807) is 7.11 Å². The van der Waals surface area contributed by atoms with Crippen molar-refractivity contribution in [1.29, 1.82) is 0 Å². The van der Waals surface area contributed by atoms with Crippen LogP contribution in [0.2, 0.25) is 5.02 Å². The summed E-state index contributed by atoms with van der Waals surface area (Å²) in [6, 6.07) is 15.5. The number of methoxy groups -OCH3 is 1. The number of nitrogens with zero attached hydrogens (tertiary/aromatic N) is 1. The number of carbonyl (C=O) groups excluding carboxylic acids is 1. The lowest BCUT2D eigenvalue weighted by atomic mass is 10.2. The van der Waals surface area contributed by atoms with Crippen LogP contribution in [0.1, 0.15) is 29.4 Å². The number of fused-ring (bicyclic) bond motifs is 1. The van der Waals surface area contributed by atoms with E-state index in [-0.39, 0.29) is 5.91 Å². The maximum atomic E-state index is 12.9. The molecule has 0 fully saturated rings. The molecule has 1 aromatic heterocycles. The summed E-state index contributed by atoms with van der Waals surface area (Å²) in [6.07, 6.45) is 0.765. The molecule has 0 spiro atoms. The molecule has 0 unspecified atom stereocenters. The van der Waals surface area contributed by atoms with Gasteiger partial charge in [0.05, 0.1) is 12.1 Å². The predicted molar refractivity (Wildman–Crippen MR) is 112 cm³/mol. The van der Waals surface area contributed by atoms with Crippen molar-refractivity contribution in [1.82, 2.24) is 9.88 Å². The number of carbonyl (C=O) groups is 1. The van der Waals surface area contributed by atoms with E-state index in [2.05, 4.69) is 5.32 Å². The minimum atomic E-state index is -0.114. The number of ether oxygens (including phenoxy) is 2. The maximum Gasteiger partial charge on any atom is 0.267 e. The second-order valence-electron chi connectivity index (χ2n) is 6.47. The van der Waals surface area contributed by atoms with Crippen LogP contribution in [0, 0.1) is 0 Å². The number of hydrogen-bond acceptors (Lipinski definition) is 3. The molecule has 1 N–H and O–H groups in total. The second-order valence-corrected chi connectivity index (χ2v) is 6.91. The van der Waals surface area contributed by atoms with E-state index >= 15 is 0 Å².